The van der Waals surface area contributed by atoms with E-state index in [1.165, 1.54) is 0 Å². The van der Waals surface area contributed by atoms with Crippen molar-refractivity contribution < 1.29 is 65.8 Å². The van der Waals surface area contributed by atoms with Gasteiger partial charge in [-0.15, -0.1) is 0 Å². The molecule has 0 radical (unpaired) electrons. The Bertz CT molecular complexity index is 3000. The molecule has 0 aromatic heterocycles. The number of fused-ring (bicyclic) bond motifs is 8. The van der Waals surface area contributed by atoms with E-state index in [4.69, 9.17) is 65.8 Å². The Hall–Kier alpha value is -4.28. The largest absolute Gasteiger partial charge is 0.475 e. The molecule has 5 aliphatic heterocycles. The molecule has 0 aliphatic carbocycles. The van der Waals surface area contributed by atoms with E-state index in [1.807, 2.05) is 269 Å². The first-order valence-corrected chi connectivity index (χ1v) is 52.9. The summed E-state index contributed by atoms with van der Waals surface area (Å²) >= 11 is 0. The van der Waals surface area contributed by atoms with Crippen molar-refractivity contribution in [2.24, 2.45) is 0 Å². The molecule has 432 valence electrons. The van der Waals surface area contributed by atoms with Crippen molar-refractivity contribution in [2.45, 2.75) is 52.4 Å². The molecule has 5 saturated heterocycles. The van der Waals surface area contributed by atoms with Crippen molar-refractivity contribution >= 4 is 146 Å². The Morgan fingerprint density at radius 1 is 0.143 bits per heavy atom. The zero-order valence-corrected chi connectivity index (χ0v) is 59.6. The highest BCUT2D eigenvalue weighted by Gasteiger charge is 2.77. The van der Waals surface area contributed by atoms with Gasteiger partial charge in [-0.05, 0) is 41.5 Å². The highest BCUT2D eigenvalue weighted by Crippen LogP contribution is 2.46. The van der Waals surface area contributed by atoms with Crippen LogP contribution >= 0.6 is 0 Å². The van der Waals surface area contributed by atoms with Gasteiger partial charge >= 0.3 is 105 Å². The summed E-state index contributed by atoms with van der Waals surface area (Å²) in [6, 6.07) is 80.0. The summed E-state index contributed by atoms with van der Waals surface area (Å²) in [5.41, 5.74) is 0. The maximum atomic E-state index is 8.23. The van der Waals surface area contributed by atoms with E-state index < -0.39 is 105 Å². The van der Waals surface area contributed by atoms with Gasteiger partial charge in [-0.3, -0.25) is 0 Å². The van der Waals surface area contributed by atoms with Gasteiger partial charge in [-0.25, -0.2) is 0 Å². The van der Waals surface area contributed by atoms with Crippen LogP contribution in [0.15, 0.2) is 243 Å². The van der Waals surface area contributed by atoms with Crippen LogP contribution in [0.3, 0.4) is 0 Å². The van der Waals surface area contributed by atoms with Crippen LogP contribution < -0.4 is 41.5 Å². The zero-order chi connectivity index (χ0) is 58.2. The van der Waals surface area contributed by atoms with Gasteiger partial charge in [0.05, 0.1) is 0 Å². The average molecular weight is 1330 g/mol. The maximum absolute atomic E-state index is 8.23. The fourth-order valence-corrected chi connectivity index (χ4v) is 79.9. The number of rotatable bonds is 8. The van der Waals surface area contributed by atoms with Crippen LogP contribution in [0.2, 0.25) is 52.4 Å². The number of hydrogen-bond donors (Lipinski definition) is 0. The standard InChI is InChI=1S/C56H64O16Si12/c1-73-57-74(2,62-78(6)65-77(5,61-73)67-81(49-33-17-9-18-34-49,50-35-19-10-20-36-50)71-82(68-78,51-37-21-11-22-38-51)52-39-23-12-24-40-52)60-76(4)58-75(3,59-73)63-79(7)66-80(8,64-76)70-84(55-45-29-15-30-46-55,56-47-31-16-32-48-56)72-83(69-79,53-41-25-13-26-42-53)54-43-27-14-28-44-54/h9-48H,1-8H3/t73?,74?,75?,76?,77-,78?,79?,80?/m1/s1. The molecule has 0 saturated carbocycles. The molecule has 5 aliphatic rings. The molecule has 16 nitrogen and oxygen atoms in total. The van der Waals surface area contributed by atoms with Gasteiger partial charge in [-0.2, -0.15) is 0 Å². The molecule has 8 aromatic rings. The predicted octanol–water partition coefficient (Wildman–Crippen LogP) is 5.90. The molecule has 7 unspecified atom stereocenters. The van der Waals surface area contributed by atoms with Crippen molar-refractivity contribution in [3.05, 3.63) is 243 Å². The minimum atomic E-state index is -4.37. The summed E-state index contributed by atoms with van der Waals surface area (Å²) in [6.45, 7) is 14.4. The first-order valence-electron chi connectivity index (χ1n) is 27.8. The Kier molecular flexibility index (Phi) is 15.2. The second-order valence-corrected chi connectivity index (χ2v) is 58.3. The molecular weight excluding hydrogens is 1270 g/mol. The Morgan fingerprint density at radius 2 is 0.250 bits per heavy atom. The van der Waals surface area contributed by atoms with Crippen LogP contribution in [0.4, 0.5) is 0 Å². The van der Waals surface area contributed by atoms with Crippen LogP contribution in [0.25, 0.3) is 0 Å². The van der Waals surface area contributed by atoms with Gasteiger partial charge in [0.25, 0.3) is 0 Å². The molecule has 5 fully saturated rings. The molecular formula is C56H64O16Si12. The van der Waals surface area contributed by atoms with Crippen LogP contribution in [0, 0.1) is 0 Å². The molecule has 13 rings (SSSR count). The van der Waals surface area contributed by atoms with E-state index in [-0.39, 0.29) is 0 Å². The van der Waals surface area contributed by atoms with Crippen molar-refractivity contribution in [3.8, 4) is 0 Å². The van der Waals surface area contributed by atoms with Gasteiger partial charge in [-0.1, -0.05) is 243 Å². The summed E-state index contributed by atoms with van der Waals surface area (Å²) in [5, 5.41) is 6.36. The predicted molar refractivity (Wildman–Crippen MR) is 342 cm³/mol. The van der Waals surface area contributed by atoms with E-state index in [1.54, 1.807) is 26.2 Å². The maximum Gasteiger partial charge on any atom is 0.475 e. The lowest BCUT2D eigenvalue weighted by Gasteiger charge is -2.58. The molecule has 8 aromatic carbocycles. The topological polar surface area (TPSA) is 148 Å². The van der Waals surface area contributed by atoms with Gasteiger partial charge in [0.2, 0.25) is 0 Å². The third-order valence-electron chi connectivity index (χ3n) is 14.8. The zero-order valence-electron chi connectivity index (χ0n) is 47.6. The summed E-state index contributed by atoms with van der Waals surface area (Å²) in [4.78, 5) is 0. The van der Waals surface area contributed by atoms with Crippen LogP contribution in [-0.2, 0) is 65.8 Å². The minimum Gasteiger partial charge on any atom is -0.402 e. The Balaban J connectivity index is 1.01. The van der Waals surface area contributed by atoms with E-state index in [2.05, 4.69) is 0 Å². The van der Waals surface area contributed by atoms with Crippen molar-refractivity contribution in [3.63, 3.8) is 0 Å². The van der Waals surface area contributed by atoms with Gasteiger partial charge < -0.3 is 65.8 Å². The SMILES string of the molecule is C[Si]12O[Si](C)(O[Si]3(C)O[Si](C)(O1)O[Si](c1ccccc1)(c1ccccc1)O[Si](c1ccccc1)(c1ccccc1)O3)O[Si]1(C)O[Si](C)(O2)O[Si]2(C)O[Si](c3ccccc3)(c3ccccc3)O[Si](c3ccccc3)(c3ccccc3)O[Si@](C)(O1)O2. The lowest BCUT2D eigenvalue weighted by Crippen LogP contribution is -2.86. The lowest BCUT2D eigenvalue weighted by molar-refractivity contribution is 0.0225. The van der Waals surface area contributed by atoms with Crippen molar-refractivity contribution in [1.82, 2.24) is 0 Å². The molecule has 5 heterocycles. The summed E-state index contributed by atoms with van der Waals surface area (Å²) in [5.74, 6) is 0. The van der Waals surface area contributed by atoms with Gasteiger partial charge in [0.1, 0.15) is 0 Å². The van der Waals surface area contributed by atoms with Crippen LogP contribution in [0.1, 0.15) is 0 Å². The molecule has 0 amide bonds. The summed E-state index contributed by atoms with van der Waals surface area (Å²) in [7, 11) is -51.3. The Labute approximate surface area is 503 Å². The molecule has 0 N–H and O–H groups in total. The van der Waals surface area contributed by atoms with E-state index in [0.717, 1.165) is 41.5 Å². The summed E-state index contributed by atoms with van der Waals surface area (Å²) < 4.78 is 124. The Morgan fingerprint density at radius 3 is 0.369 bits per heavy atom. The van der Waals surface area contributed by atoms with Crippen LogP contribution in [0.5, 0.6) is 0 Å². The number of hydrogen-bond acceptors (Lipinski definition) is 16. The van der Waals surface area contributed by atoms with Gasteiger partial charge in [0, 0.05) is 52.4 Å². The fraction of sp³-hybridized carbons (Fsp3) is 0.143. The first kappa shape index (κ1) is 58.7. The second-order valence-electron chi connectivity index (χ2n) is 21.9. The van der Waals surface area contributed by atoms with E-state index in [9.17, 15) is 0 Å². The molecule has 8 atom stereocenters. The van der Waals surface area contributed by atoms with E-state index >= 15 is 0 Å². The second kappa shape index (κ2) is 21.8. The van der Waals surface area contributed by atoms with E-state index in [0.29, 0.717) is 0 Å². The smallest absolute Gasteiger partial charge is 0.402 e. The third kappa shape index (κ3) is 11.0. The van der Waals surface area contributed by atoms with Crippen molar-refractivity contribution in [2.75, 3.05) is 0 Å². The number of benzene rings is 8. The first-order chi connectivity index (χ1) is 40.2. The molecule has 8 bridgehead atoms. The third-order valence-corrected chi connectivity index (χ3v) is 68.4. The summed E-state index contributed by atoms with van der Waals surface area (Å²) in [6.07, 6.45) is 0. The normalized spacial score (nSPS) is 33.2. The molecule has 0 spiro atoms. The van der Waals surface area contributed by atoms with Crippen molar-refractivity contribution in [1.29, 1.82) is 0 Å². The molecule has 84 heavy (non-hydrogen) atoms. The monoisotopic (exact) mass is 1330 g/mol. The van der Waals surface area contributed by atoms with Crippen LogP contribution in [-0.4, -0.2) is 105 Å². The highest BCUT2D eigenvalue weighted by atomic mass is 28.6. The highest BCUT2D eigenvalue weighted by molar-refractivity contribution is 7.12. The fourth-order valence-electron chi connectivity index (χ4n) is 12.3. The quantitative estimate of drug-likeness (QED) is 0.166. The minimum absolute atomic E-state index is 0.795. The lowest BCUT2D eigenvalue weighted by atomic mass is 10.4. The van der Waals surface area contributed by atoms with Gasteiger partial charge in [0.15, 0.2) is 0 Å². The average Bonchev–Trinajstić information content (AvgIpc) is 0.937. The molecule has 28 heteroatoms.